The zero-order chi connectivity index (χ0) is 14.1. The van der Waals surface area contributed by atoms with Gasteiger partial charge in [-0.15, -0.1) is 13.2 Å². The first-order valence-electron chi connectivity index (χ1n) is 4.24. The SMILES string of the molecule is O=c1[nH]cc(C(F)(F)F)c(OC(F)(F)F)c1CO. The van der Waals surface area contributed by atoms with Crippen LogP contribution < -0.4 is 10.3 Å². The molecule has 10 heteroatoms. The number of aliphatic hydroxyl groups is 1. The first-order chi connectivity index (χ1) is 8.06. The maximum Gasteiger partial charge on any atom is 0.573 e. The van der Waals surface area contributed by atoms with Crippen molar-refractivity contribution in [3.8, 4) is 5.75 Å². The second-order valence-corrected chi connectivity index (χ2v) is 3.04. The van der Waals surface area contributed by atoms with Crippen LogP contribution in [0.1, 0.15) is 11.1 Å². The lowest BCUT2D eigenvalue weighted by Crippen LogP contribution is -2.25. The zero-order valence-corrected chi connectivity index (χ0v) is 8.32. The molecule has 0 bridgehead atoms. The maximum atomic E-state index is 12.4. The fraction of sp³-hybridized carbons (Fsp3) is 0.375. The van der Waals surface area contributed by atoms with Crippen molar-refractivity contribution in [3.05, 3.63) is 27.7 Å². The van der Waals surface area contributed by atoms with Crippen molar-refractivity contribution in [1.82, 2.24) is 4.98 Å². The Kier molecular flexibility index (Phi) is 3.60. The number of aliphatic hydroxyl groups excluding tert-OH is 1. The smallest absolute Gasteiger partial charge is 0.404 e. The molecule has 1 heterocycles. The third-order valence-electron chi connectivity index (χ3n) is 1.82. The Labute approximate surface area is 94.8 Å². The number of rotatable bonds is 2. The van der Waals surface area contributed by atoms with Crippen molar-refractivity contribution in [2.45, 2.75) is 19.1 Å². The van der Waals surface area contributed by atoms with Crippen LogP contribution in [-0.4, -0.2) is 16.5 Å². The van der Waals surface area contributed by atoms with Crippen LogP contribution >= 0.6 is 0 Å². The molecule has 1 aromatic heterocycles. The molecule has 4 nitrogen and oxygen atoms in total. The topological polar surface area (TPSA) is 62.3 Å². The Morgan fingerprint density at radius 1 is 1.22 bits per heavy atom. The monoisotopic (exact) mass is 277 g/mol. The molecular weight excluding hydrogens is 272 g/mol. The second kappa shape index (κ2) is 4.52. The Morgan fingerprint density at radius 2 is 1.78 bits per heavy atom. The van der Waals surface area contributed by atoms with Crippen LogP contribution in [0.15, 0.2) is 11.0 Å². The normalized spacial score (nSPS) is 12.6. The molecule has 0 aliphatic heterocycles. The summed E-state index contributed by atoms with van der Waals surface area (Å²) < 4.78 is 76.3. The molecule has 1 rings (SSSR count). The lowest BCUT2D eigenvalue weighted by Gasteiger charge is -2.16. The van der Waals surface area contributed by atoms with Gasteiger partial charge in [-0.1, -0.05) is 0 Å². The number of halogens is 6. The minimum atomic E-state index is -5.42. The number of hydrogen-bond donors (Lipinski definition) is 2. The summed E-state index contributed by atoms with van der Waals surface area (Å²) in [6.07, 6.45) is -10.5. The summed E-state index contributed by atoms with van der Waals surface area (Å²) in [6.45, 7) is -1.33. The molecule has 0 radical (unpaired) electrons. The van der Waals surface area contributed by atoms with Gasteiger partial charge in [0.1, 0.15) is 5.56 Å². The van der Waals surface area contributed by atoms with E-state index in [0.717, 1.165) is 0 Å². The van der Waals surface area contributed by atoms with Gasteiger partial charge in [0.2, 0.25) is 0 Å². The van der Waals surface area contributed by atoms with E-state index in [9.17, 15) is 31.1 Å². The molecule has 1 aromatic rings. The summed E-state index contributed by atoms with van der Waals surface area (Å²) in [7, 11) is 0. The summed E-state index contributed by atoms with van der Waals surface area (Å²) in [5, 5.41) is 8.65. The van der Waals surface area contributed by atoms with Gasteiger partial charge in [-0.3, -0.25) is 4.79 Å². The fourth-order valence-electron chi connectivity index (χ4n) is 1.14. The van der Waals surface area contributed by atoms with Gasteiger partial charge in [-0.2, -0.15) is 13.2 Å². The zero-order valence-electron chi connectivity index (χ0n) is 8.32. The highest BCUT2D eigenvalue weighted by molar-refractivity contribution is 5.40. The summed E-state index contributed by atoms with van der Waals surface area (Å²) in [5.41, 5.74) is -4.28. The van der Waals surface area contributed by atoms with E-state index in [0.29, 0.717) is 0 Å². The van der Waals surface area contributed by atoms with Gasteiger partial charge in [0.25, 0.3) is 5.56 Å². The first kappa shape index (κ1) is 14.4. The molecule has 0 atom stereocenters. The predicted octanol–water partition coefficient (Wildman–Crippen LogP) is 1.78. The Balaban J connectivity index is 3.50. The van der Waals surface area contributed by atoms with Crippen LogP contribution in [0.5, 0.6) is 5.75 Å². The molecule has 102 valence electrons. The molecule has 0 saturated heterocycles. The number of aromatic amines is 1. The van der Waals surface area contributed by atoms with E-state index in [-0.39, 0.29) is 6.20 Å². The number of hydrogen-bond acceptors (Lipinski definition) is 3. The molecule has 18 heavy (non-hydrogen) atoms. The van der Waals surface area contributed by atoms with Crippen LogP contribution in [0.2, 0.25) is 0 Å². The molecule has 0 unspecified atom stereocenters. The second-order valence-electron chi connectivity index (χ2n) is 3.04. The summed E-state index contributed by atoms with van der Waals surface area (Å²) in [6, 6.07) is 0. The summed E-state index contributed by atoms with van der Waals surface area (Å²) in [5.74, 6) is -1.75. The van der Waals surface area contributed by atoms with Gasteiger partial charge in [-0.25, -0.2) is 0 Å². The average molecular weight is 277 g/mol. The number of aromatic nitrogens is 1. The molecule has 0 amide bonds. The maximum absolute atomic E-state index is 12.4. The summed E-state index contributed by atoms with van der Waals surface area (Å²) >= 11 is 0. The van der Waals surface area contributed by atoms with E-state index >= 15 is 0 Å². The molecule has 0 aliphatic carbocycles. The number of alkyl halides is 6. The molecule has 0 spiro atoms. The predicted molar refractivity (Wildman–Crippen MR) is 44.7 cm³/mol. The van der Waals surface area contributed by atoms with Gasteiger partial charge in [0.15, 0.2) is 5.75 Å². The van der Waals surface area contributed by atoms with Gasteiger partial charge in [-0.05, 0) is 0 Å². The largest absolute Gasteiger partial charge is 0.573 e. The van der Waals surface area contributed by atoms with E-state index in [1.807, 2.05) is 0 Å². The highest BCUT2D eigenvalue weighted by atomic mass is 19.4. The number of pyridine rings is 1. The van der Waals surface area contributed by atoms with E-state index in [4.69, 9.17) is 5.11 Å². The van der Waals surface area contributed by atoms with Crippen molar-refractivity contribution < 1.29 is 36.2 Å². The van der Waals surface area contributed by atoms with Gasteiger partial charge in [0, 0.05) is 6.20 Å². The molecule has 0 saturated carbocycles. The lowest BCUT2D eigenvalue weighted by molar-refractivity contribution is -0.276. The van der Waals surface area contributed by atoms with Crippen molar-refractivity contribution in [2.24, 2.45) is 0 Å². The Hall–Kier alpha value is -1.71. The van der Waals surface area contributed by atoms with E-state index in [1.165, 1.54) is 0 Å². The number of ether oxygens (including phenoxy) is 1. The third-order valence-corrected chi connectivity index (χ3v) is 1.82. The van der Waals surface area contributed by atoms with Gasteiger partial charge < -0.3 is 14.8 Å². The molecule has 0 aromatic carbocycles. The highest BCUT2D eigenvalue weighted by Gasteiger charge is 2.41. The number of nitrogens with one attached hydrogen (secondary N) is 1. The van der Waals surface area contributed by atoms with Gasteiger partial charge >= 0.3 is 12.5 Å². The van der Waals surface area contributed by atoms with E-state index < -0.39 is 41.6 Å². The van der Waals surface area contributed by atoms with Crippen LogP contribution in [0.25, 0.3) is 0 Å². The van der Waals surface area contributed by atoms with Crippen LogP contribution in [0.4, 0.5) is 26.3 Å². The quantitative estimate of drug-likeness (QED) is 0.810. The van der Waals surface area contributed by atoms with Crippen molar-refractivity contribution in [1.29, 1.82) is 0 Å². The van der Waals surface area contributed by atoms with E-state index in [2.05, 4.69) is 4.74 Å². The van der Waals surface area contributed by atoms with Crippen molar-refractivity contribution >= 4 is 0 Å². The van der Waals surface area contributed by atoms with Crippen LogP contribution in [0.3, 0.4) is 0 Å². The lowest BCUT2D eigenvalue weighted by atomic mass is 10.1. The fourth-order valence-corrected chi connectivity index (χ4v) is 1.14. The van der Waals surface area contributed by atoms with Crippen LogP contribution in [-0.2, 0) is 12.8 Å². The molecule has 2 N–H and O–H groups in total. The van der Waals surface area contributed by atoms with Gasteiger partial charge in [0.05, 0.1) is 12.2 Å². The van der Waals surface area contributed by atoms with Crippen LogP contribution in [0, 0.1) is 0 Å². The van der Waals surface area contributed by atoms with Crippen molar-refractivity contribution in [2.75, 3.05) is 0 Å². The minimum absolute atomic E-state index is 0.0442. The molecule has 0 fully saturated rings. The standard InChI is InChI=1S/C8H5F6NO3/c9-7(10,11)4-1-15-6(17)3(2-16)5(4)18-8(12,13)14/h1,16H,2H2,(H,15,17). The molecule has 0 aliphatic rings. The van der Waals surface area contributed by atoms with Crippen molar-refractivity contribution in [3.63, 3.8) is 0 Å². The average Bonchev–Trinajstić information content (AvgIpc) is 2.13. The highest BCUT2D eigenvalue weighted by Crippen LogP contribution is 2.38. The Morgan fingerprint density at radius 3 is 2.17 bits per heavy atom. The number of H-pyrrole nitrogens is 1. The van der Waals surface area contributed by atoms with E-state index in [1.54, 1.807) is 4.98 Å². The third kappa shape index (κ3) is 3.15. The minimum Gasteiger partial charge on any atom is -0.404 e. The summed E-state index contributed by atoms with van der Waals surface area (Å²) in [4.78, 5) is 12.6. The first-order valence-corrected chi connectivity index (χ1v) is 4.24. The molecular formula is C8H5F6NO3. The Bertz CT molecular complexity index is 489.